The number of benzene rings is 1. The van der Waals surface area contributed by atoms with Gasteiger partial charge in [0.1, 0.15) is 6.54 Å². The van der Waals surface area contributed by atoms with Gasteiger partial charge in [-0.3, -0.25) is 4.79 Å². The first-order valence-corrected chi connectivity index (χ1v) is 5.97. The van der Waals surface area contributed by atoms with E-state index in [4.69, 9.17) is 23.2 Å². The van der Waals surface area contributed by atoms with E-state index in [2.05, 4.69) is 6.58 Å². The van der Waals surface area contributed by atoms with Crippen molar-refractivity contribution < 1.29 is 9.59 Å². The number of imide groups is 1. The van der Waals surface area contributed by atoms with Crippen LogP contribution in [-0.2, 0) is 4.79 Å². The summed E-state index contributed by atoms with van der Waals surface area (Å²) in [4.78, 5) is 26.3. The van der Waals surface area contributed by atoms with E-state index >= 15 is 0 Å². The topological polar surface area (TPSA) is 40.6 Å². The molecule has 0 saturated carbocycles. The minimum absolute atomic E-state index is 0.0367. The molecule has 0 radical (unpaired) electrons. The molecule has 1 aromatic carbocycles. The third kappa shape index (κ3) is 2.35. The van der Waals surface area contributed by atoms with E-state index < -0.39 is 6.03 Å². The Bertz CT molecular complexity index is 511. The summed E-state index contributed by atoms with van der Waals surface area (Å²) in [5, 5.41) is 0.751. The molecular formula is C12H10Cl2N2O2. The van der Waals surface area contributed by atoms with Crippen molar-refractivity contribution in [2.24, 2.45) is 0 Å². The van der Waals surface area contributed by atoms with Crippen LogP contribution in [0.25, 0.3) is 0 Å². The fourth-order valence-electron chi connectivity index (χ4n) is 1.77. The van der Waals surface area contributed by atoms with Crippen molar-refractivity contribution in [2.45, 2.75) is 0 Å². The number of urea groups is 1. The van der Waals surface area contributed by atoms with Gasteiger partial charge in [0, 0.05) is 16.6 Å². The lowest BCUT2D eigenvalue weighted by molar-refractivity contribution is -0.116. The molecule has 0 atom stereocenters. The summed E-state index contributed by atoms with van der Waals surface area (Å²) in [6, 6.07) is 4.21. The van der Waals surface area contributed by atoms with Crippen molar-refractivity contribution in [3.8, 4) is 0 Å². The molecule has 2 rings (SSSR count). The number of anilines is 1. The molecule has 1 saturated heterocycles. The molecule has 18 heavy (non-hydrogen) atoms. The molecule has 1 aliphatic heterocycles. The van der Waals surface area contributed by atoms with Crippen LogP contribution in [0.15, 0.2) is 30.9 Å². The smallest absolute Gasteiger partial charge is 0.311 e. The van der Waals surface area contributed by atoms with Crippen LogP contribution in [-0.4, -0.2) is 29.9 Å². The fraction of sp³-hybridized carbons (Fsp3) is 0.167. The second-order valence-electron chi connectivity index (χ2n) is 3.81. The number of carbonyl (C=O) groups is 2. The molecule has 0 spiro atoms. The molecule has 1 aliphatic rings. The van der Waals surface area contributed by atoms with E-state index in [-0.39, 0.29) is 12.5 Å². The summed E-state index contributed by atoms with van der Waals surface area (Å²) in [5.41, 5.74) is 0.383. The van der Waals surface area contributed by atoms with Crippen LogP contribution >= 0.6 is 23.2 Å². The molecule has 0 unspecified atom stereocenters. The van der Waals surface area contributed by atoms with Crippen molar-refractivity contribution >= 4 is 40.8 Å². The van der Waals surface area contributed by atoms with Gasteiger partial charge in [-0.1, -0.05) is 29.3 Å². The average Bonchev–Trinajstić information content (AvgIpc) is 2.53. The van der Waals surface area contributed by atoms with Crippen molar-refractivity contribution in [3.63, 3.8) is 0 Å². The SMILES string of the molecule is C=CCN1CC(=O)N(c2cc(Cl)cc(Cl)c2)C1=O. The maximum atomic E-state index is 12.0. The minimum atomic E-state index is -0.391. The predicted molar refractivity (Wildman–Crippen MR) is 71.1 cm³/mol. The number of carbonyl (C=O) groups excluding carboxylic acids is 2. The van der Waals surface area contributed by atoms with Gasteiger partial charge in [-0.15, -0.1) is 6.58 Å². The molecular weight excluding hydrogens is 275 g/mol. The van der Waals surface area contributed by atoms with E-state index in [0.717, 1.165) is 4.90 Å². The van der Waals surface area contributed by atoms with Gasteiger partial charge in [0.15, 0.2) is 0 Å². The maximum absolute atomic E-state index is 12.0. The molecule has 0 bridgehead atoms. The highest BCUT2D eigenvalue weighted by atomic mass is 35.5. The van der Waals surface area contributed by atoms with Crippen LogP contribution < -0.4 is 4.90 Å². The summed E-state index contributed by atoms with van der Waals surface area (Å²) < 4.78 is 0. The zero-order valence-corrected chi connectivity index (χ0v) is 10.9. The number of amides is 3. The Morgan fingerprint density at radius 3 is 2.39 bits per heavy atom. The van der Waals surface area contributed by atoms with Crippen LogP contribution in [0.5, 0.6) is 0 Å². The molecule has 94 valence electrons. The molecule has 0 N–H and O–H groups in total. The average molecular weight is 285 g/mol. The van der Waals surface area contributed by atoms with E-state index in [1.807, 2.05) is 0 Å². The molecule has 0 aliphatic carbocycles. The van der Waals surface area contributed by atoms with Gasteiger partial charge >= 0.3 is 6.03 Å². The predicted octanol–water partition coefficient (Wildman–Crippen LogP) is 2.95. The van der Waals surface area contributed by atoms with E-state index in [1.54, 1.807) is 12.1 Å². The Kier molecular flexibility index (Phi) is 3.59. The molecule has 1 aromatic rings. The molecule has 1 heterocycles. The summed E-state index contributed by atoms with van der Waals surface area (Å²) >= 11 is 11.7. The summed E-state index contributed by atoms with van der Waals surface area (Å²) in [5.74, 6) is -0.305. The van der Waals surface area contributed by atoms with Gasteiger partial charge in [-0.2, -0.15) is 0 Å². The number of rotatable bonds is 3. The van der Waals surface area contributed by atoms with Gasteiger partial charge in [0.2, 0.25) is 0 Å². The fourth-order valence-corrected chi connectivity index (χ4v) is 2.29. The number of nitrogens with zero attached hydrogens (tertiary/aromatic N) is 2. The first kappa shape index (κ1) is 12.9. The molecule has 1 fully saturated rings. The number of hydrogen-bond acceptors (Lipinski definition) is 2. The highest BCUT2D eigenvalue weighted by molar-refractivity contribution is 6.35. The standard InChI is InChI=1S/C12H10Cl2N2O2/c1-2-3-15-7-11(17)16(12(15)18)10-5-8(13)4-9(14)6-10/h2,4-6H,1,3,7H2. The largest absolute Gasteiger partial charge is 0.332 e. The zero-order chi connectivity index (χ0) is 13.3. The Labute approximate surface area is 114 Å². The van der Waals surface area contributed by atoms with Crippen LogP contribution in [0.1, 0.15) is 0 Å². The first-order valence-electron chi connectivity index (χ1n) is 5.22. The molecule has 0 aromatic heterocycles. The monoisotopic (exact) mass is 284 g/mol. The van der Waals surface area contributed by atoms with Gasteiger partial charge in [-0.25, -0.2) is 9.69 Å². The van der Waals surface area contributed by atoms with Crippen LogP contribution in [0.3, 0.4) is 0 Å². The van der Waals surface area contributed by atoms with Crippen molar-refractivity contribution in [1.29, 1.82) is 0 Å². The van der Waals surface area contributed by atoms with Gasteiger partial charge in [-0.05, 0) is 18.2 Å². The first-order chi connectivity index (χ1) is 8.52. The van der Waals surface area contributed by atoms with Crippen molar-refractivity contribution in [3.05, 3.63) is 40.9 Å². The second kappa shape index (κ2) is 5.00. The molecule has 6 heteroatoms. The Hall–Kier alpha value is -1.52. The van der Waals surface area contributed by atoms with Gasteiger partial charge in [0.25, 0.3) is 5.91 Å². The number of halogens is 2. The summed E-state index contributed by atoms with van der Waals surface area (Å²) in [6.45, 7) is 3.91. The Balaban J connectivity index is 2.35. The lowest BCUT2D eigenvalue weighted by atomic mass is 10.3. The lowest BCUT2D eigenvalue weighted by Crippen LogP contribution is -2.33. The summed E-state index contributed by atoms with van der Waals surface area (Å²) in [7, 11) is 0. The molecule has 4 nitrogen and oxygen atoms in total. The Morgan fingerprint density at radius 2 is 1.83 bits per heavy atom. The van der Waals surface area contributed by atoms with Crippen LogP contribution in [0.4, 0.5) is 10.5 Å². The van der Waals surface area contributed by atoms with Crippen LogP contribution in [0, 0.1) is 0 Å². The number of hydrogen-bond donors (Lipinski definition) is 0. The Morgan fingerprint density at radius 1 is 1.22 bits per heavy atom. The summed E-state index contributed by atoms with van der Waals surface area (Å²) in [6.07, 6.45) is 1.57. The van der Waals surface area contributed by atoms with Crippen molar-refractivity contribution in [1.82, 2.24) is 4.90 Å². The van der Waals surface area contributed by atoms with Gasteiger partial charge < -0.3 is 4.90 Å². The van der Waals surface area contributed by atoms with E-state index in [0.29, 0.717) is 22.3 Å². The zero-order valence-electron chi connectivity index (χ0n) is 9.40. The van der Waals surface area contributed by atoms with Crippen LogP contribution in [0.2, 0.25) is 10.0 Å². The quantitative estimate of drug-likeness (QED) is 0.633. The highest BCUT2D eigenvalue weighted by Crippen LogP contribution is 2.28. The second-order valence-corrected chi connectivity index (χ2v) is 4.68. The lowest BCUT2D eigenvalue weighted by Gasteiger charge is -2.16. The van der Waals surface area contributed by atoms with Gasteiger partial charge in [0.05, 0.1) is 5.69 Å². The minimum Gasteiger partial charge on any atom is -0.311 e. The van der Waals surface area contributed by atoms with E-state index in [1.165, 1.54) is 17.0 Å². The normalized spacial score (nSPS) is 15.4. The van der Waals surface area contributed by atoms with E-state index in [9.17, 15) is 9.59 Å². The maximum Gasteiger partial charge on any atom is 0.332 e. The third-order valence-electron chi connectivity index (χ3n) is 2.49. The molecule has 3 amide bonds. The van der Waals surface area contributed by atoms with Crippen molar-refractivity contribution in [2.75, 3.05) is 18.0 Å². The third-order valence-corrected chi connectivity index (χ3v) is 2.93. The highest BCUT2D eigenvalue weighted by Gasteiger charge is 2.36.